The van der Waals surface area contributed by atoms with E-state index in [1.165, 1.54) is 0 Å². The van der Waals surface area contributed by atoms with Gasteiger partial charge >= 0.3 is 5.97 Å². The lowest BCUT2D eigenvalue weighted by atomic mass is 10.1. The Bertz CT molecular complexity index is 1040. The molecule has 5 nitrogen and oxygen atoms in total. The molecule has 0 fully saturated rings. The maximum atomic E-state index is 12.4. The van der Waals surface area contributed by atoms with Crippen molar-refractivity contribution in [3.05, 3.63) is 58.8 Å². The van der Waals surface area contributed by atoms with Crippen LogP contribution < -0.4 is 9.47 Å². The number of carbonyl (C=O) groups is 1. The van der Waals surface area contributed by atoms with Crippen LogP contribution in [0.1, 0.15) is 38.3 Å². The van der Waals surface area contributed by atoms with Crippen molar-refractivity contribution in [2.45, 2.75) is 33.3 Å². The molecule has 3 rings (SSSR count). The quantitative estimate of drug-likeness (QED) is 0.187. The fourth-order valence-electron chi connectivity index (χ4n) is 2.65. The second kappa shape index (κ2) is 10.4. The van der Waals surface area contributed by atoms with Crippen molar-refractivity contribution in [3.63, 3.8) is 0 Å². The first-order valence-electron chi connectivity index (χ1n) is 9.43. The summed E-state index contributed by atoms with van der Waals surface area (Å²) in [5.41, 5.74) is 1.77. The van der Waals surface area contributed by atoms with Gasteiger partial charge in [0.15, 0.2) is 17.2 Å². The van der Waals surface area contributed by atoms with E-state index in [2.05, 4.69) is 73.0 Å². The van der Waals surface area contributed by atoms with E-state index in [1.807, 2.05) is 44.2 Å². The van der Waals surface area contributed by atoms with Gasteiger partial charge in [-0.15, -0.1) is 0 Å². The van der Waals surface area contributed by atoms with Gasteiger partial charge in [-0.3, -0.25) is 0 Å². The van der Waals surface area contributed by atoms with Gasteiger partial charge in [-0.1, -0.05) is 6.92 Å². The van der Waals surface area contributed by atoms with Crippen molar-refractivity contribution in [2.24, 2.45) is 4.99 Å². The molecule has 0 aliphatic carbocycles. The number of carbonyl (C=O) groups excluding carboxylic acids is 1. The summed E-state index contributed by atoms with van der Waals surface area (Å²) in [4.78, 5) is 16.8. The maximum Gasteiger partial charge on any atom is 0.363 e. The molecule has 30 heavy (non-hydrogen) atoms. The third kappa shape index (κ3) is 5.56. The van der Waals surface area contributed by atoms with Gasteiger partial charge in [0, 0.05) is 13.6 Å². The average Bonchev–Trinajstić information content (AvgIpc) is 3.07. The summed E-state index contributed by atoms with van der Waals surface area (Å²) in [6.45, 7) is 6.54. The summed E-state index contributed by atoms with van der Waals surface area (Å²) in [7, 11) is 0. The molecule has 0 amide bonds. The Balaban J connectivity index is 1.96. The maximum absolute atomic E-state index is 12.4. The number of benzene rings is 2. The van der Waals surface area contributed by atoms with E-state index in [9.17, 15) is 4.79 Å². The van der Waals surface area contributed by atoms with Crippen molar-refractivity contribution in [3.8, 4) is 11.5 Å². The molecule has 1 atom stereocenters. The Morgan fingerprint density at radius 2 is 1.97 bits per heavy atom. The van der Waals surface area contributed by atoms with Crippen LogP contribution in [0.3, 0.4) is 0 Å². The van der Waals surface area contributed by atoms with E-state index in [1.54, 1.807) is 6.08 Å². The standard InChI is InChI=1S/C22H20BrI2NO4/c1-4-12(3)29-20-17(25)8-13(10-19(20)28-5-2)9-18-22(27)30-21(26-18)14-6-7-16(24)15(23)11-14/h6-12H,4-5H2,1-3H3/b18-9-. The molecule has 0 N–H and O–H groups in total. The van der Waals surface area contributed by atoms with E-state index >= 15 is 0 Å². The summed E-state index contributed by atoms with van der Waals surface area (Å²) < 4.78 is 20.1. The Hall–Kier alpha value is -1.14. The Morgan fingerprint density at radius 1 is 1.20 bits per heavy atom. The van der Waals surface area contributed by atoms with E-state index in [4.69, 9.17) is 14.2 Å². The number of cyclic esters (lactones) is 1. The minimum absolute atomic E-state index is 0.0761. The predicted molar refractivity (Wildman–Crippen MR) is 138 cm³/mol. The van der Waals surface area contributed by atoms with Gasteiger partial charge in [-0.25, -0.2) is 9.79 Å². The Labute approximate surface area is 211 Å². The van der Waals surface area contributed by atoms with Gasteiger partial charge in [0.2, 0.25) is 5.90 Å². The minimum Gasteiger partial charge on any atom is -0.490 e. The lowest BCUT2D eigenvalue weighted by Gasteiger charge is -2.18. The number of esters is 1. The molecule has 1 heterocycles. The Kier molecular flexibility index (Phi) is 8.19. The SMILES string of the molecule is CCOc1cc(/C=C2\N=C(c3ccc(I)c(Br)c3)OC2=O)cc(I)c1OC(C)CC. The highest BCUT2D eigenvalue weighted by molar-refractivity contribution is 14.1. The van der Waals surface area contributed by atoms with Crippen molar-refractivity contribution in [1.82, 2.24) is 0 Å². The number of halogens is 3. The van der Waals surface area contributed by atoms with Gasteiger partial charge in [0.1, 0.15) is 0 Å². The fourth-order valence-corrected chi connectivity index (χ4v) is 4.12. The zero-order chi connectivity index (χ0) is 21.8. The zero-order valence-corrected chi connectivity index (χ0v) is 22.6. The predicted octanol–water partition coefficient (Wildman–Crippen LogP) is 6.58. The Morgan fingerprint density at radius 3 is 2.63 bits per heavy atom. The average molecular weight is 696 g/mol. The topological polar surface area (TPSA) is 57.1 Å². The normalized spacial score (nSPS) is 15.7. The third-order valence-corrected chi connectivity index (χ3v) is 7.46. The molecule has 0 saturated heterocycles. The molecule has 0 saturated carbocycles. The highest BCUT2D eigenvalue weighted by Crippen LogP contribution is 2.36. The van der Waals surface area contributed by atoms with Crippen LogP contribution in [0, 0.1) is 7.14 Å². The molecule has 0 bridgehead atoms. The van der Waals surface area contributed by atoms with Crippen LogP contribution in [0.2, 0.25) is 0 Å². The number of hydrogen-bond acceptors (Lipinski definition) is 5. The smallest absolute Gasteiger partial charge is 0.363 e. The first-order chi connectivity index (χ1) is 14.3. The third-order valence-electron chi connectivity index (χ3n) is 4.32. The molecular formula is C22H20BrI2NO4. The van der Waals surface area contributed by atoms with Crippen molar-refractivity contribution >= 4 is 79.1 Å². The number of hydrogen-bond donors (Lipinski definition) is 0. The summed E-state index contributed by atoms with van der Waals surface area (Å²) in [6.07, 6.45) is 2.67. The van der Waals surface area contributed by atoms with Gasteiger partial charge in [-0.2, -0.15) is 0 Å². The number of aliphatic imine (C=N–C) groups is 1. The van der Waals surface area contributed by atoms with Gasteiger partial charge in [-0.05, 0) is 123 Å². The molecule has 8 heteroatoms. The molecule has 2 aromatic carbocycles. The molecule has 2 aromatic rings. The molecule has 1 aliphatic heterocycles. The summed E-state index contributed by atoms with van der Waals surface area (Å²) >= 11 is 7.94. The molecule has 158 valence electrons. The lowest BCUT2D eigenvalue weighted by Crippen LogP contribution is -2.12. The fraction of sp³-hybridized carbons (Fsp3) is 0.273. The van der Waals surface area contributed by atoms with Crippen molar-refractivity contribution in [1.29, 1.82) is 0 Å². The van der Waals surface area contributed by atoms with Crippen molar-refractivity contribution in [2.75, 3.05) is 6.61 Å². The van der Waals surface area contributed by atoms with E-state index < -0.39 is 5.97 Å². The van der Waals surface area contributed by atoms with Crippen LogP contribution in [-0.4, -0.2) is 24.6 Å². The molecule has 0 radical (unpaired) electrons. The van der Waals surface area contributed by atoms with Crippen LogP contribution >= 0.6 is 61.1 Å². The second-order valence-corrected chi connectivity index (χ2v) is 9.74. The largest absolute Gasteiger partial charge is 0.490 e. The molecular weight excluding hydrogens is 676 g/mol. The summed E-state index contributed by atoms with van der Waals surface area (Å²) in [5, 5.41) is 0. The highest BCUT2D eigenvalue weighted by Gasteiger charge is 2.25. The molecule has 1 aliphatic rings. The van der Waals surface area contributed by atoms with Crippen LogP contribution in [0.15, 0.2) is 45.5 Å². The van der Waals surface area contributed by atoms with E-state index in [0.717, 1.165) is 34.9 Å². The van der Waals surface area contributed by atoms with Crippen molar-refractivity contribution < 1.29 is 19.0 Å². The monoisotopic (exact) mass is 695 g/mol. The molecule has 0 aromatic heterocycles. The van der Waals surface area contributed by atoms with E-state index in [-0.39, 0.29) is 11.8 Å². The van der Waals surface area contributed by atoms with Gasteiger partial charge in [0.05, 0.1) is 16.3 Å². The number of rotatable bonds is 7. The van der Waals surface area contributed by atoms with Gasteiger partial charge < -0.3 is 14.2 Å². The highest BCUT2D eigenvalue weighted by atomic mass is 127. The van der Waals surface area contributed by atoms with Gasteiger partial charge in [0.25, 0.3) is 0 Å². The minimum atomic E-state index is -0.479. The lowest BCUT2D eigenvalue weighted by molar-refractivity contribution is -0.129. The molecule has 0 spiro atoms. The van der Waals surface area contributed by atoms with Crippen LogP contribution in [0.4, 0.5) is 0 Å². The van der Waals surface area contributed by atoms with E-state index in [0.29, 0.717) is 18.3 Å². The second-order valence-electron chi connectivity index (χ2n) is 6.56. The first kappa shape index (κ1) is 23.5. The summed E-state index contributed by atoms with van der Waals surface area (Å²) in [5.74, 6) is 1.18. The number of nitrogens with zero attached hydrogens (tertiary/aromatic N) is 1. The van der Waals surface area contributed by atoms with Crippen LogP contribution in [0.5, 0.6) is 11.5 Å². The van der Waals surface area contributed by atoms with Crippen LogP contribution in [0.25, 0.3) is 6.08 Å². The van der Waals surface area contributed by atoms with Crippen LogP contribution in [-0.2, 0) is 9.53 Å². The zero-order valence-electron chi connectivity index (χ0n) is 16.7. The molecule has 1 unspecified atom stereocenters. The number of ether oxygens (including phenoxy) is 3. The summed E-state index contributed by atoms with van der Waals surface area (Å²) in [6, 6.07) is 9.49. The first-order valence-corrected chi connectivity index (χ1v) is 12.4.